The lowest BCUT2D eigenvalue weighted by molar-refractivity contribution is -0.141. The van der Waals surface area contributed by atoms with Gasteiger partial charge in [0.2, 0.25) is 5.91 Å². The molecule has 1 saturated heterocycles. The van der Waals surface area contributed by atoms with E-state index in [0.717, 1.165) is 24.0 Å². The second-order valence-electron chi connectivity index (χ2n) is 6.17. The number of benzene rings is 1. The number of nitrogens with zero attached hydrogens (tertiary/aromatic N) is 4. The fourth-order valence-corrected chi connectivity index (χ4v) is 3.40. The number of para-hydroxylation sites is 1. The van der Waals surface area contributed by atoms with Crippen molar-refractivity contribution in [1.82, 2.24) is 19.8 Å². The van der Waals surface area contributed by atoms with Gasteiger partial charge in [-0.15, -0.1) is 0 Å². The molecule has 1 aliphatic rings. The Balaban J connectivity index is 1.46. The van der Waals surface area contributed by atoms with Crippen LogP contribution in [-0.2, 0) is 11.0 Å². The highest BCUT2D eigenvalue weighted by Crippen LogP contribution is 2.28. The highest BCUT2D eigenvalue weighted by atomic mass is 32.2. The molecule has 2 aromatic rings. The van der Waals surface area contributed by atoms with E-state index in [1.807, 2.05) is 18.2 Å². The molecule has 11 heteroatoms. The SMILES string of the molecule is O=C(CSc1nccc(C(F)(F)F)n1)N1CCN(C(=O)Nc2ccccc2)CC1. The van der Waals surface area contributed by atoms with Crippen LogP contribution in [0.4, 0.5) is 23.7 Å². The number of aromatic nitrogens is 2. The Morgan fingerprint density at radius 3 is 2.34 bits per heavy atom. The average molecular weight is 425 g/mol. The third-order valence-corrected chi connectivity index (χ3v) is 5.04. The summed E-state index contributed by atoms with van der Waals surface area (Å²) >= 11 is 0.855. The number of urea groups is 1. The van der Waals surface area contributed by atoms with E-state index in [2.05, 4.69) is 15.3 Å². The van der Waals surface area contributed by atoms with E-state index in [0.29, 0.717) is 31.9 Å². The molecule has 3 rings (SSSR count). The Kier molecular flexibility index (Phi) is 6.57. The summed E-state index contributed by atoms with van der Waals surface area (Å²) in [6.45, 7) is 1.44. The first-order valence-corrected chi connectivity index (χ1v) is 9.73. The Labute approximate surface area is 169 Å². The minimum Gasteiger partial charge on any atom is -0.338 e. The third kappa shape index (κ3) is 5.83. The van der Waals surface area contributed by atoms with E-state index in [9.17, 15) is 22.8 Å². The van der Waals surface area contributed by atoms with Crippen LogP contribution in [0.3, 0.4) is 0 Å². The number of amides is 3. The van der Waals surface area contributed by atoms with Crippen LogP contribution in [0.25, 0.3) is 0 Å². The van der Waals surface area contributed by atoms with E-state index in [1.54, 1.807) is 21.9 Å². The molecule has 2 heterocycles. The third-order valence-electron chi connectivity index (χ3n) is 4.19. The van der Waals surface area contributed by atoms with Crippen LogP contribution in [0.2, 0.25) is 0 Å². The number of nitrogens with one attached hydrogen (secondary N) is 1. The monoisotopic (exact) mass is 425 g/mol. The van der Waals surface area contributed by atoms with Gasteiger partial charge >= 0.3 is 12.2 Å². The van der Waals surface area contributed by atoms with Crippen LogP contribution in [0, 0.1) is 0 Å². The minimum atomic E-state index is -4.56. The van der Waals surface area contributed by atoms with E-state index in [4.69, 9.17) is 0 Å². The fraction of sp³-hybridized carbons (Fsp3) is 0.333. The first-order valence-electron chi connectivity index (χ1n) is 8.75. The summed E-state index contributed by atoms with van der Waals surface area (Å²) in [7, 11) is 0. The van der Waals surface area contributed by atoms with E-state index in [1.165, 1.54) is 0 Å². The largest absolute Gasteiger partial charge is 0.433 e. The number of thioether (sulfide) groups is 1. The van der Waals surface area contributed by atoms with Gasteiger partial charge in [-0.05, 0) is 18.2 Å². The van der Waals surface area contributed by atoms with Crippen LogP contribution < -0.4 is 5.32 Å². The van der Waals surface area contributed by atoms with Crippen LogP contribution in [0.5, 0.6) is 0 Å². The number of hydrogen-bond donors (Lipinski definition) is 1. The summed E-state index contributed by atoms with van der Waals surface area (Å²) in [6.07, 6.45) is -3.54. The number of anilines is 1. The molecular formula is C18H18F3N5O2S. The van der Waals surface area contributed by atoms with E-state index >= 15 is 0 Å². The van der Waals surface area contributed by atoms with Gasteiger partial charge in [-0.1, -0.05) is 30.0 Å². The molecule has 1 aromatic heterocycles. The zero-order valence-electron chi connectivity index (χ0n) is 15.2. The smallest absolute Gasteiger partial charge is 0.338 e. The summed E-state index contributed by atoms with van der Waals surface area (Å²) in [5, 5.41) is 2.69. The van der Waals surface area contributed by atoms with Crippen molar-refractivity contribution in [1.29, 1.82) is 0 Å². The summed E-state index contributed by atoms with van der Waals surface area (Å²) in [6, 6.07) is 9.59. The predicted molar refractivity (Wildman–Crippen MR) is 101 cm³/mol. The van der Waals surface area contributed by atoms with Gasteiger partial charge < -0.3 is 15.1 Å². The lowest BCUT2D eigenvalue weighted by atomic mass is 10.3. The molecule has 1 aliphatic heterocycles. The van der Waals surface area contributed by atoms with Crippen LogP contribution in [0.15, 0.2) is 47.8 Å². The van der Waals surface area contributed by atoms with E-state index < -0.39 is 11.9 Å². The first kappa shape index (κ1) is 20.9. The number of carbonyl (C=O) groups is 2. The van der Waals surface area contributed by atoms with Gasteiger partial charge in [-0.25, -0.2) is 14.8 Å². The molecule has 0 radical (unpaired) electrons. The maximum absolute atomic E-state index is 12.7. The molecule has 29 heavy (non-hydrogen) atoms. The molecule has 0 spiro atoms. The second-order valence-corrected chi connectivity index (χ2v) is 7.12. The molecule has 1 aromatic carbocycles. The highest BCUT2D eigenvalue weighted by Gasteiger charge is 2.33. The molecule has 154 valence electrons. The number of rotatable bonds is 4. The van der Waals surface area contributed by atoms with Crippen molar-refractivity contribution in [2.24, 2.45) is 0 Å². The Morgan fingerprint density at radius 2 is 1.69 bits per heavy atom. The molecule has 0 aliphatic carbocycles. The lowest BCUT2D eigenvalue weighted by Gasteiger charge is -2.34. The van der Waals surface area contributed by atoms with Crippen molar-refractivity contribution in [2.45, 2.75) is 11.3 Å². The van der Waals surface area contributed by atoms with Crippen molar-refractivity contribution in [3.63, 3.8) is 0 Å². The average Bonchev–Trinajstić information content (AvgIpc) is 2.72. The maximum Gasteiger partial charge on any atom is 0.433 e. The number of alkyl halides is 3. The number of carbonyl (C=O) groups excluding carboxylic acids is 2. The van der Waals surface area contributed by atoms with Gasteiger partial charge in [0.15, 0.2) is 5.16 Å². The summed E-state index contributed by atoms with van der Waals surface area (Å²) in [5.41, 5.74) is -0.353. The fourth-order valence-electron chi connectivity index (χ4n) is 2.67. The molecule has 1 N–H and O–H groups in total. The molecule has 3 amide bonds. The van der Waals surface area contributed by atoms with Gasteiger partial charge in [0.05, 0.1) is 5.75 Å². The predicted octanol–water partition coefficient (Wildman–Crippen LogP) is 2.96. The van der Waals surface area contributed by atoms with E-state index in [-0.39, 0.29) is 22.8 Å². The van der Waals surface area contributed by atoms with Crippen molar-refractivity contribution < 1.29 is 22.8 Å². The standard InChI is InChI=1S/C18H18F3N5O2S/c19-18(20,21)14-6-7-22-16(24-14)29-12-15(27)25-8-10-26(11-9-25)17(28)23-13-4-2-1-3-5-13/h1-7H,8-12H2,(H,23,28). The topological polar surface area (TPSA) is 78.4 Å². The molecular weight excluding hydrogens is 407 g/mol. The lowest BCUT2D eigenvalue weighted by Crippen LogP contribution is -2.52. The van der Waals surface area contributed by atoms with Gasteiger partial charge in [0.25, 0.3) is 0 Å². The summed E-state index contributed by atoms with van der Waals surface area (Å²) < 4.78 is 38.1. The van der Waals surface area contributed by atoms with Gasteiger partial charge in [0, 0.05) is 38.1 Å². The van der Waals surface area contributed by atoms with Gasteiger partial charge in [0.1, 0.15) is 5.69 Å². The molecule has 7 nitrogen and oxygen atoms in total. The van der Waals surface area contributed by atoms with Crippen molar-refractivity contribution in [2.75, 3.05) is 37.2 Å². The Bertz CT molecular complexity index is 858. The summed E-state index contributed by atoms with van der Waals surface area (Å²) in [5.74, 6) is -0.309. The van der Waals surface area contributed by atoms with Gasteiger partial charge in [-0.2, -0.15) is 13.2 Å². The Morgan fingerprint density at radius 1 is 1.03 bits per heavy atom. The molecule has 0 saturated carbocycles. The number of halogens is 3. The normalized spacial score (nSPS) is 14.6. The quantitative estimate of drug-likeness (QED) is 0.602. The van der Waals surface area contributed by atoms with Crippen molar-refractivity contribution in [3.05, 3.63) is 48.3 Å². The summed E-state index contributed by atoms with van der Waals surface area (Å²) in [4.78, 5) is 35.0. The zero-order chi connectivity index (χ0) is 20.9. The Hall–Kier alpha value is -2.82. The van der Waals surface area contributed by atoms with Gasteiger partial charge in [-0.3, -0.25) is 4.79 Å². The van der Waals surface area contributed by atoms with Crippen LogP contribution >= 0.6 is 11.8 Å². The highest BCUT2D eigenvalue weighted by molar-refractivity contribution is 7.99. The molecule has 1 fully saturated rings. The van der Waals surface area contributed by atoms with Crippen molar-refractivity contribution >= 4 is 29.4 Å². The maximum atomic E-state index is 12.7. The number of piperazine rings is 1. The van der Waals surface area contributed by atoms with Crippen LogP contribution in [-0.4, -0.2) is 63.6 Å². The zero-order valence-corrected chi connectivity index (χ0v) is 16.0. The van der Waals surface area contributed by atoms with Crippen LogP contribution in [0.1, 0.15) is 5.69 Å². The molecule has 0 atom stereocenters. The van der Waals surface area contributed by atoms with Crippen molar-refractivity contribution in [3.8, 4) is 0 Å². The molecule has 0 bridgehead atoms. The first-order chi connectivity index (χ1) is 13.8. The second kappa shape index (κ2) is 9.12. The molecule has 0 unspecified atom stereocenters. The minimum absolute atomic E-state index is 0.0719. The number of hydrogen-bond acceptors (Lipinski definition) is 5.